The van der Waals surface area contributed by atoms with Gasteiger partial charge in [0.25, 0.3) is 0 Å². The molecule has 0 spiro atoms. The predicted octanol–water partition coefficient (Wildman–Crippen LogP) is 12.9. The Labute approximate surface area is 299 Å². The van der Waals surface area contributed by atoms with Crippen molar-refractivity contribution in [2.45, 2.75) is 0 Å². The highest BCUT2D eigenvalue weighted by atomic mass is 32.1. The monoisotopic (exact) mass is 667 g/mol. The molecule has 0 atom stereocenters. The minimum atomic E-state index is 0.717. The minimum Gasteiger partial charge on any atom is -0.247 e. The molecule has 3 heterocycles. The van der Waals surface area contributed by atoms with E-state index >= 15 is 0 Å². The third-order valence-electron chi connectivity index (χ3n) is 9.67. The van der Waals surface area contributed by atoms with Crippen molar-refractivity contribution < 1.29 is 0 Å². The van der Waals surface area contributed by atoms with Crippen molar-refractivity contribution >= 4 is 53.2 Å². The molecule has 10 rings (SSSR count). The second-order valence-corrected chi connectivity index (χ2v) is 13.9. The van der Waals surface area contributed by atoms with Crippen LogP contribution >= 0.6 is 11.3 Å². The Balaban J connectivity index is 1.03. The fraction of sp³-hybridized carbons (Fsp3) is 0. The molecule has 238 valence electrons. The van der Waals surface area contributed by atoms with Crippen LogP contribution in [0.2, 0.25) is 0 Å². The van der Waals surface area contributed by atoms with Crippen LogP contribution in [0.5, 0.6) is 0 Å². The first-order valence-corrected chi connectivity index (χ1v) is 17.9. The molecule has 7 aromatic carbocycles. The third-order valence-corrected chi connectivity index (χ3v) is 10.9. The van der Waals surface area contributed by atoms with Gasteiger partial charge in [0.1, 0.15) is 0 Å². The molecule has 0 radical (unpaired) electrons. The minimum absolute atomic E-state index is 0.717. The lowest BCUT2D eigenvalue weighted by atomic mass is 9.98. The first kappa shape index (κ1) is 29.4. The van der Waals surface area contributed by atoms with E-state index in [-0.39, 0.29) is 0 Å². The van der Waals surface area contributed by atoms with Crippen molar-refractivity contribution in [1.82, 2.24) is 15.0 Å². The fourth-order valence-corrected chi connectivity index (χ4v) is 8.31. The van der Waals surface area contributed by atoms with Gasteiger partial charge in [-0.2, -0.15) is 0 Å². The van der Waals surface area contributed by atoms with E-state index in [1.165, 1.54) is 36.3 Å². The number of hydrogen-bond donors (Lipinski definition) is 0. The van der Waals surface area contributed by atoms with Gasteiger partial charge in [0, 0.05) is 47.8 Å². The van der Waals surface area contributed by atoms with E-state index in [2.05, 4.69) is 140 Å². The normalized spacial score (nSPS) is 11.5. The lowest BCUT2D eigenvalue weighted by Crippen LogP contribution is -1.95. The summed E-state index contributed by atoms with van der Waals surface area (Å²) in [5.41, 5.74) is 10.4. The molecule has 0 saturated carbocycles. The fourth-order valence-electron chi connectivity index (χ4n) is 7.08. The smallest absolute Gasteiger partial charge is 0.160 e. The number of hydrogen-bond acceptors (Lipinski definition) is 4. The van der Waals surface area contributed by atoms with Gasteiger partial charge in [0.15, 0.2) is 5.82 Å². The van der Waals surface area contributed by atoms with Crippen LogP contribution in [-0.4, -0.2) is 15.0 Å². The third kappa shape index (κ3) is 5.25. The zero-order valence-electron chi connectivity index (χ0n) is 27.5. The maximum Gasteiger partial charge on any atom is 0.160 e. The van der Waals surface area contributed by atoms with Crippen LogP contribution in [0.25, 0.3) is 98.1 Å². The molecule has 0 aliphatic heterocycles. The van der Waals surface area contributed by atoms with Gasteiger partial charge in [-0.3, -0.25) is 0 Å². The van der Waals surface area contributed by atoms with Gasteiger partial charge in [-0.25, -0.2) is 15.0 Å². The van der Waals surface area contributed by atoms with E-state index in [0.29, 0.717) is 0 Å². The number of fused-ring (bicyclic) bond motifs is 6. The molecule has 3 nitrogen and oxygen atoms in total. The summed E-state index contributed by atoms with van der Waals surface area (Å²) >= 11 is 1.86. The van der Waals surface area contributed by atoms with Gasteiger partial charge in [0.05, 0.1) is 22.6 Å². The van der Waals surface area contributed by atoms with E-state index in [1.807, 2.05) is 47.7 Å². The molecular formula is C47H29N3S. The van der Waals surface area contributed by atoms with Crippen LogP contribution in [0.1, 0.15) is 0 Å². The maximum atomic E-state index is 5.35. The lowest BCUT2D eigenvalue weighted by Gasteiger charge is -2.11. The van der Waals surface area contributed by atoms with Crippen LogP contribution in [0, 0.1) is 0 Å². The first-order valence-electron chi connectivity index (χ1n) is 17.1. The summed E-state index contributed by atoms with van der Waals surface area (Å²) < 4.78 is 2.57. The number of rotatable bonds is 5. The summed E-state index contributed by atoms with van der Waals surface area (Å²) in [5.74, 6) is 0.717. The largest absolute Gasteiger partial charge is 0.247 e. The molecule has 4 heteroatoms. The molecule has 0 aliphatic carbocycles. The lowest BCUT2D eigenvalue weighted by molar-refractivity contribution is 1.18. The Morgan fingerprint density at radius 2 is 0.902 bits per heavy atom. The molecule has 0 N–H and O–H groups in total. The van der Waals surface area contributed by atoms with Crippen LogP contribution in [0.15, 0.2) is 176 Å². The standard InChI is InChI=1S/C47H29N3S/c1-3-11-32(12-4-1)40-29-41(50-47(49-40)35-13-5-2-6-14-35)33-23-19-30(20-24-33)31-21-25-34(26-22-31)45-44-38-17-9-10-18-43(38)51-46(44)39-27-36-15-7-8-16-37(36)28-42(39)48-45/h1-29H. The Bertz CT molecular complexity index is 2820. The van der Waals surface area contributed by atoms with Crippen molar-refractivity contribution in [3.63, 3.8) is 0 Å². The molecule has 3 aromatic heterocycles. The van der Waals surface area contributed by atoms with Gasteiger partial charge in [-0.15, -0.1) is 11.3 Å². The zero-order chi connectivity index (χ0) is 33.7. The van der Waals surface area contributed by atoms with E-state index in [9.17, 15) is 0 Å². The van der Waals surface area contributed by atoms with Crippen molar-refractivity contribution in [3.05, 3.63) is 176 Å². The van der Waals surface area contributed by atoms with Gasteiger partial charge < -0.3 is 0 Å². The molecule has 0 bridgehead atoms. The second kappa shape index (κ2) is 12.1. The van der Waals surface area contributed by atoms with E-state index < -0.39 is 0 Å². The molecule has 0 saturated heterocycles. The van der Waals surface area contributed by atoms with Crippen molar-refractivity contribution in [2.75, 3.05) is 0 Å². The van der Waals surface area contributed by atoms with Crippen molar-refractivity contribution in [1.29, 1.82) is 0 Å². The molecule has 0 unspecified atom stereocenters. The van der Waals surface area contributed by atoms with Crippen molar-refractivity contribution in [3.8, 4) is 56.3 Å². The quantitative estimate of drug-likeness (QED) is 0.171. The highest BCUT2D eigenvalue weighted by Gasteiger charge is 2.17. The SMILES string of the molecule is c1ccc(-c2cc(-c3ccc(-c4ccc(-c5nc6cc7ccccc7cc6c6sc7ccccc7c56)cc4)cc3)nc(-c3ccccc3)n2)cc1. The molecule has 0 aliphatic rings. The summed E-state index contributed by atoms with van der Waals surface area (Å²) in [5, 5.41) is 6.13. The van der Waals surface area contributed by atoms with Crippen LogP contribution in [0.4, 0.5) is 0 Å². The average Bonchev–Trinajstić information content (AvgIpc) is 3.61. The van der Waals surface area contributed by atoms with Crippen molar-refractivity contribution in [2.24, 2.45) is 0 Å². The summed E-state index contributed by atoms with van der Waals surface area (Å²) in [6.45, 7) is 0. The number of thiophene rings is 1. The van der Waals surface area contributed by atoms with E-state index in [1.54, 1.807) is 0 Å². The number of pyridine rings is 1. The first-order chi connectivity index (χ1) is 25.2. The van der Waals surface area contributed by atoms with Gasteiger partial charge >= 0.3 is 0 Å². The second-order valence-electron chi connectivity index (χ2n) is 12.8. The molecule has 10 aromatic rings. The predicted molar refractivity (Wildman–Crippen MR) is 215 cm³/mol. The Hall–Kier alpha value is -6.49. The number of benzene rings is 7. The number of aromatic nitrogens is 3. The number of nitrogens with zero attached hydrogens (tertiary/aromatic N) is 3. The van der Waals surface area contributed by atoms with Gasteiger partial charge in [0.2, 0.25) is 0 Å². The van der Waals surface area contributed by atoms with Crippen LogP contribution in [0.3, 0.4) is 0 Å². The summed E-state index contributed by atoms with van der Waals surface area (Å²) in [4.78, 5) is 15.3. The Kier molecular flexibility index (Phi) is 7.00. The summed E-state index contributed by atoms with van der Waals surface area (Å²) in [6, 6.07) is 61.9. The van der Waals surface area contributed by atoms with E-state index in [4.69, 9.17) is 15.0 Å². The van der Waals surface area contributed by atoms with E-state index in [0.717, 1.165) is 61.8 Å². The Morgan fingerprint density at radius 3 is 1.59 bits per heavy atom. The van der Waals surface area contributed by atoms with Gasteiger partial charge in [-0.05, 0) is 46.2 Å². The zero-order valence-corrected chi connectivity index (χ0v) is 28.3. The molecule has 51 heavy (non-hydrogen) atoms. The van der Waals surface area contributed by atoms with Crippen LogP contribution < -0.4 is 0 Å². The van der Waals surface area contributed by atoms with Gasteiger partial charge in [-0.1, -0.05) is 152 Å². The molecule has 0 amide bonds. The average molecular weight is 668 g/mol. The summed E-state index contributed by atoms with van der Waals surface area (Å²) in [6.07, 6.45) is 0. The highest BCUT2D eigenvalue weighted by molar-refractivity contribution is 7.26. The molecular weight excluding hydrogens is 639 g/mol. The summed E-state index contributed by atoms with van der Waals surface area (Å²) in [7, 11) is 0. The highest BCUT2D eigenvalue weighted by Crippen LogP contribution is 2.43. The topological polar surface area (TPSA) is 38.7 Å². The Morgan fingerprint density at radius 1 is 0.373 bits per heavy atom. The maximum absolute atomic E-state index is 5.35. The van der Waals surface area contributed by atoms with Crippen LogP contribution in [-0.2, 0) is 0 Å². The molecule has 0 fully saturated rings.